The number of hydrogen-bond acceptors (Lipinski definition) is 16. The van der Waals surface area contributed by atoms with E-state index in [1.54, 1.807) is 49.6 Å². The molecule has 0 aliphatic carbocycles. The molecule has 12 rings (SSSR count). The summed E-state index contributed by atoms with van der Waals surface area (Å²) in [6.07, 6.45) is 16.0. The second kappa shape index (κ2) is 47.3. The van der Waals surface area contributed by atoms with Crippen LogP contribution in [0.25, 0.3) is 87.2 Å². The Kier molecular flexibility index (Phi) is 51.3. The molecule has 0 saturated heterocycles. The molecule has 8 heterocycles. The molecule has 0 amide bonds. The van der Waals surface area contributed by atoms with E-state index in [1.807, 2.05) is 48.5 Å². The van der Waals surface area contributed by atoms with Gasteiger partial charge in [0.05, 0.1) is 68.0 Å². The topological polar surface area (TPSA) is 648 Å². The van der Waals surface area contributed by atoms with Crippen LogP contribution in [-0.2, 0) is 95.7 Å². The van der Waals surface area contributed by atoms with Crippen molar-refractivity contribution in [2.75, 3.05) is 0 Å². The Morgan fingerprint density at radius 3 is 0.430 bits per heavy atom. The van der Waals surface area contributed by atoms with Gasteiger partial charge in [-0.3, -0.25) is 39.9 Å². The van der Waals surface area contributed by atoms with Gasteiger partial charge in [-0.05, 0) is 72.8 Å². The van der Waals surface area contributed by atoms with Crippen LogP contribution in [0.1, 0.15) is 0 Å². The predicted octanol–water partition coefficient (Wildman–Crippen LogP) is -5.07. The molecule has 0 aliphatic rings. The van der Waals surface area contributed by atoms with E-state index in [1.165, 1.54) is 0 Å². The second-order valence-electron chi connectivity index (χ2n) is 14.8. The third-order valence-electron chi connectivity index (χ3n) is 10.1. The summed E-state index contributed by atoms with van der Waals surface area (Å²) in [6.45, 7) is 0. The molecule has 0 saturated carbocycles. The van der Waals surface area contributed by atoms with Gasteiger partial charge in [0.2, 0.25) is 0 Å². The first kappa shape index (κ1) is 93.3. The molecule has 0 radical (unpaired) electrons. The Morgan fingerprint density at radius 1 is 0.233 bits per heavy atom. The standard InChI is InChI=1S/4C12H8N2.2C4H4O4.2Cd.12H2O/c4*1-3-9-5-6-10-4-2-8-14-12(10)11(9)13-7-1;2*5-3(6)1-2-4(7)8;;;;;;;;;;;;;;/h4*1-8H;2*1-2H,(H,5,6)(H,7,8);;;12*1H2/q;;;;;;2*+2;;;;;;;;;;;;/b;;;;2*2-1+;;;;;;;;;;;;;;. The summed E-state index contributed by atoms with van der Waals surface area (Å²) < 4.78 is 0. The van der Waals surface area contributed by atoms with Crippen LogP contribution in [0.15, 0.2) is 219 Å². The number of aliphatic carboxylic acids is 4. The zero-order valence-electron chi connectivity index (χ0n) is 45.4. The van der Waals surface area contributed by atoms with Crippen molar-refractivity contribution in [2.45, 2.75) is 0 Å². The Hall–Kier alpha value is -9.12. The largest absolute Gasteiger partial charge is 2.00 e. The van der Waals surface area contributed by atoms with E-state index in [0.29, 0.717) is 24.3 Å². The summed E-state index contributed by atoms with van der Waals surface area (Å²) in [5.74, 6) is -6.19. The molecular formula is C56H64Cd2N8O20+4. The summed E-state index contributed by atoms with van der Waals surface area (Å²) in [5.41, 5.74) is 7.82. The normalized spacial score (nSPS) is 8.84. The quantitative estimate of drug-likeness (QED) is 0.0689. The van der Waals surface area contributed by atoms with Gasteiger partial charge in [0.25, 0.3) is 0 Å². The van der Waals surface area contributed by atoms with Gasteiger partial charge < -0.3 is 105 Å². The maximum atomic E-state index is 9.41. The summed E-state index contributed by atoms with van der Waals surface area (Å²) in [4.78, 5) is 72.4. The molecule has 8 aromatic heterocycles. The van der Waals surface area contributed by atoms with E-state index in [4.69, 9.17) is 0 Å². The van der Waals surface area contributed by atoms with Crippen molar-refractivity contribution < 1.29 is 160 Å². The zero-order chi connectivity index (χ0) is 50.7. The summed E-state index contributed by atoms with van der Waals surface area (Å²) in [7, 11) is 0. The van der Waals surface area contributed by atoms with Crippen molar-refractivity contribution in [3.05, 3.63) is 219 Å². The maximum absolute atomic E-state index is 9.41. The van der Waals surface area contributed by atoms with Crippen LogP contribution in [0.3, 0.4) is 0 Å². The predicted molar refractivity (Wildman–Crippen MR) is 315 cm³/mol. The van der Waals surface area contributed by atoms with Crippen molar-refractivity contribution in [2.24, 2.45) is 0 Å². The molecule has 0 bridgehead atoms. The van der Waals surface area contributed by atoms with Crippen LogP contribution < -0.4 is 20.4 Å². The minimum Gasteiger partial charge on any atom is -0.545 e. The van der Waals surface area contributed by atoms with Crippen molar-refractivity contribution in [3.8, 4) is 0 Å². The van der Waals surface area contributed by atoms with Gasteiger partial charge >= 0.3 is 54.6 Å². The van der Waals surface area contributed by atoms with Gasteiger partial charge in [-0.25, -0.2) is 0 Å². The first-order valence-electron chi connectivity index (χ1n) is 21.6. The van der Waals surface area contributed by atoms with Gasteiger partial charge in [-0.2, -0.15) is 0 Å². The number of carbonyl (C=O) groups excluding carboxylic acids is 4. The number of carbonyl (C=O) groups is 4. The number of pyridine rings is 8. The van der Waals surface area contributed by atoms with E-state index in [-0.39, 0.29) is 120 Å². The number of carboxylic acid groups (broad SMARTS) is 4. The van der Waals surface area contributed by atoms with E-state index >= 15 is 0 Å². The SMILES string of the molecule is O.O.O.O.O.O.O.O.O=C([O-])/C=C/C(=O)[O-].O=C([O-])/C=C/C(=O)[O-].[Cd+2].[Cd+2].[OH3+].[OH3+].[OH3+].[OH3+].c1cnc2c(c1)ccc1cccnc12.c1cnc2c(c1)ccc1cccnc12.c1cnc2c(c1)ccc1cccnc12.c1cnc2c(c1)ccc1cccnc12. The van der Waals surface area contributed by atoms with E-state index in [9.17, 15) is 39.6 Å². The Bertz CT molecular complexity index is 3260. The Balaban J connectivity index is -0.000000139. The third kappa shape index (κ3) is 26.2. The van der Waals surface area contributed by atoms with Crippen molar-refractivity contribution >= 4 is 111 Å². The minimum atomic E-state index is -1.55. The Morgan fingerprint density at radius 2 is 0.337 bits per heavy atom. The van der Waals surface area contributed by atoms with E-state index in [0.717, 1.165) is 87.2 Å². The molecule has 0 atom stereocenters. The molecule has 0 aliphatic heterocycles. The average Bonchev–Trinajstić information content (AvgIpc) is 3.01. The maximum Gasteiger partial charge on any atom is 2.00 e. The van der Waals surface area contributed by atoms with Crippen LogP contribution in [0.4, 0.5) is 0 Å². The molecule has 0 spiro atoms. The smallest absolute Gasteiger partial charge is 0.545 e. The molecule has 28 nitrogen and oxygen atoms in total. The minimum absolute atomic E-state index is 0. The van der Waals surface area contributed by atoms with Crippen LogP contribution in [0.2, 0.25) is 0 Å². The van der Waals surface area contributed by atoms with Gasteiger partial charge in [0.15, 0.2) is 0 Å². The van der Waals surface area contributed by atoms with Gasteiger partial charge in [0, 0.05) is 92.7 Å². The summed E-state index contributed by atoms with van der Waals surface area (Å²) >= 11 is 0. The van der Waals surface area contributed by atoms with Crippen LogP contribution in [-0.4, -0.2) is 108 Å². The van der Waals surface area contributed by atoms with E-state index in [2.05, 4.69) is 137 Å². The van der Waals surface area contributed by atoms with Crippen LogP contribution in [0, 0.1) is 0 Å². The fraction of sp³-hybridized carbons (Fsp3) is 0. The number of aromatic nitrogens is 8. The van der Waals surface area contributed by atoms with Crippen molar-refractivity contribution in [1.29, 1.82) is 0 Å². The van der Waals surface area contributed by atoms with Crippen molar-refractivity contribution in [3.63, 3.8) is 0 Å². The van der Waals surface area contributed by atoms with Gasteiger partial charge in [0.1, 0.15) is 0 Å². The van der Waals surface area contributed by atoms with Gasteiger partial charge in [-0.15, -0.1) is 0 Å². The third-order valence-corrected chi connectivity index (χ3v) is 10.1. The molecule has 86 heavy (non-hydrogen) atoms. The van der Waals surface area contributed by atoms with Crippen LogP contribution in [0.5, 0.6) is 0 Å². The van der Waals surface area contributed by atoms with E-state index < -0.39 is 23.9 Å². The number of hydrogen-bond donors (Lipinski definition) is 0. The molecule has 28 N–H and O–H groups in total. The molecule has 0 fully saturated rings. The molecule has 4 aromatic carbocycles. The first-order chi connectivity index (χ1) is 35.0. The number of rotatable bonds is 4. The Labute approximate surface area is 527 Å². The summed E-state index contributed by atoms with van der Waals surface area (Å²) in [6, 6.07) is 48.6. The molecule has 0 unspecified atom stereocenters. The molecule has 448 valence electrons. The number of fused-ring (bicyclic) bond motifs is 12. The first-order valence-corrected chi connectivity index (χ1v) is 21.6. The molecule has 30 heteroatoms. The number of nitrogens with zero attached hydrogens (tertiary/aromatic N) is 8. The zero-order valence-corrected chi connectivity index (χ0v) is 53.4. The van der Waals surface area contributed by atoms with Crippen molar-refractivity contribution in [1.82, 2.24) is 39.9 Å². The summed E-state index contributed by atoms with van der Waals surface area (Å²) in [5, 5.41) is 46.8. The number of benzene rings is 4. The van der Waals surface area contributed by atoms with Crippen LogP contribution >= 0.6 is 0 Å². The number of carboxylic acids is 4. The molecular weight excluding hydrogens is 1330 g/mol. The van der Waals surface area contributed by atoms with Gasteiger partial charge in [-0.1, -0.05) is 97.1 Å². The fourth-order valence-corrected chi connectivity index (χ4v) is 6.99. The average molecular weight is 1390 g/mol. The fourth-order valence-electron chi connectivity index (χ4n) is 6.99. The second-order valence-corrected chi connectivity index (χ2v) is 14.8. The monoisotopic (exact) mass is 1400 g/mol. The molecule has 12 aromatic rings.